The van der Waals surface area contributed by atoms with E-state index in [1.54, 1.807) is 16.0 Å². The molecule has 8 heteroatoms. The fourth-order valence-electron chi connectivity index (χ4n) is 4.29. The monoisotopic (exact) mass is 434 g/mol. The Kier molecular flexibility index (Phi) is 5.87. The minimum absolute atomic E-state index is 0.0137. The fraction of sp³-hybridized carbons (Fsp3) is 0.375. The van der Waals surface area contributed by atoms with Crippen molar-refractivity contribution in [1.82, 2.24) is 14.8 Å². The Hall–Kier alpha value is -3.23. The Morgan fingerprint density at radius 1 is 1.03 bits per heavy atom. The van der Waals surface area contributed by atoms with Crippen molar-refractivity contribution < 1.29 is 19.1 Å². The first kappa shape index (κ1) is 20.7. The predicted octanol–water partition coefficient (Wildman–Crippen LogP) is 2.66. The summed E-state index contributed by atoms with van der Waals surface area (Å²) in [6.07, 6.45) is 4.09. The van der Waals surface area contributed by atoms with E-state index in [0.29, 0.717) is 51.8 Å². The molecular formula is C24H26N4O4. The smallest absolute Gasteiger partial charge is 0.323 e. The third kappa shape index (κ3) is 4.37. The molecule has 1 unspecified atom stereocenters. The standard InChI is InChI=1S/C24H26N4O4/c29-23(21-16-31-11-12-32-21)27-9-7-17(8-10-27)18-5-6-22(25-13-18)26-24(30)28-14-19-3-1-2-4-20(19)15-28/h1-7,13,21H,8-12,14-16H2,(H,25,26,30). The van der Waals surface area contributed by atoms with Gasteiger partial charge in [-0.05, 0) is 40.8 Å². The number of aromatic nitrogens is 1. The van der Waals surface area contributed by atoms with E-state index in [9.17, 15) is 9.59 Å². The van der Waals surface area contributed by atoms with E-state index >= 15 is 0 Å². The second-order valence-electron chi connectivity index (χ2n) is 8.19. The van der Waals surface area contributed by atoms with Crippen LogP contribution in [0.3, 0.4) is 0 Å². The van der Waals surface area contributed by atoms with Crippen molar-refractivity contribution in [1.29, 1.82) is 0 Å². The Balaban J connectivity index is 1.16. The van der Waals surface area contributed by atoms with Gasteiger partial charge in [-0.3, -0.25) is 10.1 Å². The number of pyridine rings is 1. The van der Waals surface area contributed by atoms with Crippen molar-refractivity contribution in [3.8, 4) is 0 Å². The first-order valence-electron chi connectivity index (χ1n) is 10.9. The highest BCUT2D eigenvalue weighted by atomic mass is 16.6. The van der Waals surface area contributed by atoms with Gasteiger partial charge in [0, 0.05) is 32.4 Å². The number of anilines is 1. The van der Waals surface area contributed by atoms with Crippen molar-refractivity contribution in [2.45, 2.75) is 25.6 Å². The third-order valence-electron chi connectivity index (χ3n) is 6.11. The molecule has 4 heterocycles. The molecule has 3 aliphatic rings. The van der Waals surface area contributed by atoms with Crippen LogP contribution in [0.2, 0.25) is 0 Å². The van der Waals surface area contributed by atoms with Gasteiger partial charge in [-0.15, -0.1) is 0 Å². The molecule has 1 saturated heterocycles. The van der Waals surface area contributed by atoms with Gasteiger partial charge in [0.25, 0.3) is 5.91 Å². The number of fused-ring (bicyclic) bond motifs is 1. The summed E-state index contributed by atoms with van der Waals surface area (Å²) in [6, 6.07) is 11.7. The van der Waals surface area contributed by atoms with Gasteiger partial charge < -0.3 is 19.3 Å². The average Bonchev–Trinajstić information content (AvgIpc) is 3.29. The van der Waals surface area contributed by atoms with Crippen molar-refractivity contribution >= 4 is 23.3 Å². The minimum atomic E-state index is -0.494. The maximum atomic E-state index is 12.6. The number of carbonyl (C=O) groups excluding carboxylic acids is 2. The molecule has 0 bridgehead atoms. The number of ether oxygens (including phenoxy) is 2. The molecule has 1 atom stereocenters. The summed E-state index contributed by atoms with van der Waals surface area (Å²) in [7, 11) is 0. The maximum absolute atomic E-state index is 12.6. The molecule has 1 N–H and O–H groups in total. The molecule has 1 aromatic carbocycles. The first-order chi connectivity index (χ1) is 15.7. The minimum Gasteiger partial charge on any atom is -0.376 e. The van der Waals surface area contributed by atoms with Crippen LogP contribution >= 0.6 is 0 Å². The lowest BCUT2D eigenvalue weighted by molar-refractivity contribution is -0.157. The molecule has 3 aliphatic heterocycles. The fourth-order valence-corrected chi connectivity index (χ4v) is 4.29. The quantitative estimate of drug-likeness (QED) is 0.803. The maximum Gasteiger partial charge on any atom is 0.323 e. The summed E-state index contributed by atoms with van der Waals surface area (Å²) >= 11 is 0. The Labute approximate surface area is 186 Å². The number of amides is 3. The number of carbonyl (C=O) groups is 2. The van der Waals surface area contributed by atoms with Gasteiger partial charge in [-0.2, -0.15) is 0 Å². The van der Waals surface area contributed by atoms with Crippen LogP contribution in [-0.4, -0.2) is 65.7 Å². The van der Waals surface area contributed by atoms with Crippen molar-refractivity contribution in [3.05, 3.63) is 65.4 Å². The van der Waals surface area contributed by atoms with E-state index < -0.39 is 6.10 Å². The summed E-state index contributed by atoms with van der Waals surface area (Å²) < 4.78 is 10.9. The number of urea groups is 1. The van der Waals surface area contributed by atoms with Crippen LogP contribution in [0.5, 0.6) is 0 Å². The van der Waals surface area contributed by atoms with Crippen molar-refractivity contribution in [3.63, 3.8) is 0 Å². The second-order valence-corrected chi connectivity index (χ2v) is 8.19. The highest BCUT2D eigenvalue weighted by Gasteiger charge is 2.28. The molecule has 0 saturated carbocycles. The van der Waals surface area contributed by atoms with E-state index in [-0.39, 0.29) is 11.9 Å². The number of hydrogen-bond acceptors (Lipinski definition) is 5. The van der Waals surface area contributed by atoms with Gasteiger partial charge in [0.15, 0.2) is 6.10 Å². The number of benzene rings is 1. The highest BCUT2D eigenvalue weighted by molar-refractivity contribution is 5.89. The molecular weight excluding hydrogens is 408 g/mol. The summed E-state index contributed by atoms with van der Waals surface area (Å²) in [5.41, 5.74) is 4.52. The zero-order valence-electron chi connectivity index (χ0n) is 17.8. The summed E-state index contributed by atoms with van der Waals surface area (Å²) in [5, 5.41) is 2.88. The topological polar surface area (TPSA) is 84.0 Å². The highest BCUT2D eigenvalue weighted by Crippen LogP contribution is 2.25. The zero-order valence-corrected chi connectivity index (χ0v) is 17.8. The first-order valence-corrected chi connectivity index (χ1v) is 10.9. The predicted molar refractivity (Wildman–Crippen MR) is 119 cm³/mol. The molecule has 1 aromatic heterocycles. The number of nitrogens with zero attached hydrogens (tertiary/aromatic N) is 3. The molecule has 0 aliphatic carbocycles. The van der Waals surface area contributed by atoms with Crippen LogP contribution in [0, 0.1) is 0 Å². The van der Waals surface area contributed by atoms with Gasteiger partial charge in [-0.1, -0.05) is 30.3 Å². The Morgan fingerprint density at radius 3 is 2.47 bits per heavy atom. The largest absolute Gasteiger partial charge is 0.376 e. The molecule has 0 radical (unpaired) electrons. The van der Waals surface area contributed by atoms with Crippen LogP contribution in [0.4, 0.5) is 10.6 Å². The van der Waals surface area contributed by atoms with E-state index in [0.717, 1.165) is 17.6 Å². The average molecular weight is 434 g/mol. The van der Waals surface area contributed by atoms with Crippen LogP contribution < -0.4 is 5.32 Å². The van der Waals surface area contributed by atoms with Gasteiger partial charge in [0.2, 0.25) is 0 Å². The number of hydrogen-bond donors (Lipinski definition) is 1. The van der Waals surface area contributed by atoms with E-state index in [1.165, 1.54) is 11.1 Å². The lowest BCUT2D eigenvalue weighted by Gasteiger charge is -2.31. The van der Waals surface area contributed by atoms with Gasteiger partial charge in [-0.25, -0.2) is 9.78 Å². The summed E-state index contributed by atoms with van der Waals surface area (Å²) in [5.74, 6) is 0.512. The Bertz CT molecular complexity index is 1010. The molecule has 166 valence electrons. The molecule has 2 aromatic rings. The zero-order chi connectivity index (χ0) is 21.9. The van der Waals surface area contributed by atoms with E-state index in [1.807, 2.05) is 24.3 Å². The number of rotatable bonds is 3. The van der Waals surface area contributed by atoms with Gasteiger partial charge in [0.1, 0.15) is 5.82 Å². The second kappa shape index (κ2) is 9.10. The number of nitrogens with one attached hydrogen (secondary N) is 1. The molecule has 1 fully saturated rings. The van der Waals surface area contributed by atoms with Crippen molar-refractivity contribution in [2.24, 2.45) is 0 Å². The summed E-state index contributed by atoms with van der Waals surface area (Å²) in [4.78, 5) is 33.2. The van der Waals surface area contributed by atoms with Crippen LogP contribution in [0.1, 0.15) is 23.1 Å². The van der Waals surface area contributed by atoms with E-state index in [2.05, 4.69) is 28.5 Å². The summed E-state index contributed by atoms with van der Waals surface area (Å²) in [6.45, 7) is 3.74. The molecule has 3 amide bonds. The van der Waals surface area contributed by atoms with E-state index in [4.69, 9.17) is 9.47 Å². The van der Waals surface area contributed by atoms with Crippen LogP contribution in [0.15, 0.2) is 48.7 Å². The lowest BCUT2D eigenvalue weighted by Crippen LogP contribution is -2.46. The molecule has 32 heavy (non-hydrogen) atoms. The lowest BCUT2D eigenvalue weighted by atomic mass is 10.0. The van der Waals surface area contributed by atoms with Crippen LogP contribution in [0.25, 0.3) is 5.57 Å². The molecule has 8 nitrogen and oxygen atoms in total. The van der Waals surface area contributed by atoms with Crippen LogP contribution in [-0.2, 0) is 27.4 Å². The molecule has 0 spiro atoms. The van der Waals surface area contributed by atoms with Gasteiger partial charge >= 0.3 is 6.03 Å². The Morgan fingerprint density at radius 2 is 1.84 bits per heavy atom. The molecule has 5 rings (SSSR count). The third-order valence-corrected chi connectivity index (χ3v) is 6.11. The van der Waals surface area contributed by atoms with Crippen molar-refractivity contribution in [2.75, 3.05) is 38.2 Å². The normalized spacial score (nSPS) is 20.5. The van der Waals surface area contributed by atoms with Gasteiger partial charge in [0.05, 0.1) is 19.8 Å². The SMILES string of the molecule is O=C(Nc1ccc(C2=CCN(C(=O)C3COCCO3)CC2)cn1)N1Cc2ccccc2C1.